The maximum Gasteiger partial charge on any atom is 0.137 e. The Morgan fingerprint density at radius 1 is 1.00 bits per heavy atom. The molecule has 1 saturated heterocycles. The van der Waals surface area contributed by atoms with Gasteiger partial charge in [0.05, 0.1) is 18.8 Å². The van der Waals surface area contributed by atoms with Gasteiger partial charge in [0.25, 0.3) is 0 Å². The van der Waals surface area contributed by atoms with Crippen LogP contribution in [0.25, 0.3) is 0 Å². The van der Waals surface area contributed by atoms with Gasteiger partial charge in [-0.15, -0.1) is 0 Å². The molecule has 1 rings (SSSR count). The zero-order chi connectivity index (χ0) is 17.3. The minimum atomic E-state index is -1.46. The van der Waals surface area contributed by atoms with Crippen molar-refractivity contribution in [2.24, 2.45) is 10.8 Å². The Hall–Kier alpha value is -1.54. The number of hydrogen-bond donors (Lipinski definition) is 2. The summed E-state index contributed by atoms with van der Waals surface area (Å²) in [6, 6.07) is 0. The van der Waals surface area contributed by atoms with E-state index in [0.717, 1.165) is 9.80 Å². The van der Waals surface area contributed by atoms with E-state index in [4.69, 9.17) is 0 Å². The molecular formula is C14H24N2O6-2. The van der Waals surface area contributed by atoms with Crippen molar-refractivity contribution >= 4 is 12.2 Å². The van der Waals surface area contributed by atoms with Crippen molar-refractivity contribution in [1.29, 1.82) is 0 Å². The Morgan fingerprint density at radius 3 is 1.77 bits per heavy atom. The van der Waals surface area contributed by atoms with Crippen molar-refractivity contribution in [3.8, 4) is 0 Å². The van der Waals surface area contributed by atoms with Gasteiger partial charge in [0.2, 0.25) is 0 Å². The summed E-state index contributed by atoms with van der Waals surface area (Å²) in [7, 11) is 0. The second-order valence-electron chi connectivity index (χ2n) is 7.05. The largest absolute Gasteiger partial charge is 0.530 e. The zero-order valence-electron chi connectivity index (χ0n) is 13.5. The Bertz CT molecular complexity index is 433. The molecular weight excluding hydrogens is 292 g/mol. The molecule has 0 spiro atoms. The summed E-state index contributed by atoms with van der Waals surface area (Å²) < 4.78 is 0. The molecule has 1 fully saturated rings. The third kappa shape index (κ3) is 2.61. The predicted octanol–water partition coefficient (Wildman–Crippen LogP) is -1.93. The van der Waals surface area contributed by atoms with Gasteiger partial charge < -0.3 is 39.8 Å². The summed E-state index contributed by atoms with van der Waals surface area (Å²) in [5.41, 5.74) is -3.40. The van der Waals surface area contributed by atoms with E-state index in [1.54, 1.807) is 27.7 Å². The number of aliphatic hydroxyl groups excluding tert-OH is 2. The molecule has 8 nitrogen and oxygen atoms in total. The molecule has 22 heavy (non-hydrogen) atoms. The third-order valence-corrected chi connectivity index (χ3v) is 4.98. The van der Waals surface area contributed by atoms with Crippen LogP contribution >= 0.6 is 0 Å². The van der Waals surface area contributed by atoms with Crippen molar-refractivity contribution in [2.45, 2.75) is 33.2 Å². The summed E-state index contributed by atoms with van der Waals surface area (Å²) >= 11 is 0. The third-order valence-electron chi connectivity index (χ3n) is 4.98. The van der Waals surface area contributed by atoms with Gasteiger partial charge in [-0.1, -0.05) is 27.7 Å². The first-order valence-corrected chi connectivity index (χ1v) is 7.13. The predicted molar refractivity (Wildman–Crippen MR) is 73.5 cm³/mol. The maximum atomic E-state index is 11.6. The molecule has 0 aromatic heterocycles. The SMILES string of the molecule is CC(C)(CO)C1(C(C)(C)CO)CN(C(=O)[O-])CCN1C(=O)[O-]. The van der Waals surface area contributed by atoms with Crippen LogP contribution in [0.1, 0.15) is 27.7 Å². The highest BCUT2D eigenvalue weighted by atomic mass is 16.4. The normalized spacial score (nSPS) is 19.2. The Kier molecular flexibility index (Phi) is 4.98. The highest BCUT2D eigenvalue weighted by molar-refractivity contribution is 5.67. The number of carbonyl (C=O) groups is 2. The fourth-order valence-corrected chi connectivity index (χ4v) is 3.59. The van der Waals surface area contributed by atoms with E-state index in [-0.39, 0.29) is 32.8 Å². The summed E-state index contributed by atoms with van der Waals surface area (Å²) in [6.45, 7) is 5.42. The van der Waals surface area contributed by atoms with Gasteiger partial charge >= 0.3 is 0 Å². The van der Waals surface area contributed by atoms with Crippen LogP contribution in [0.2, 0.25) is 0 Å². The number of aliphatic hydroxyl groups is 2. The molecule has 0 unspecified atom stereocenters. The lowest BCUT2D eigenvalue weighted by Gasteiger charge is -2.65. The molecule has 8 heteroatoms. The molecule has 1 aliphatic rings. The van der Waals surface area contributed by atoms with Crippen LogP contribution in [-0.4, -0.2) is 70.6 Å². The highest BCUT2D eigenvalue weighted by Crippen LogP contribution is 2.50. The fourth-order valence-electron chi connectivity index (χ4n) is 3.59. The number of carboxylic acid groups (broad SMARTS) is 2. The van der Waals surface area contributed by atoms with E-state index >= 15 is 0 Å². The van der Waals surface area contributed by atoms with E-state index < -0.39 is 28.6 Å². The van der Waals surface area contributed by atoms with E-state index in [1.807, 2.05) is 0 Å². The number of piperazine rings is 1. The Labute approximate surface area is 129 Å². The summed E-state index contributed by atoms with van der Waals surface area (Å²) in [5, 5.41) is 42.5. The Morgan fingerprint density at radius 2 is 1.45 bits per heavy atom. The van der Waals surface area contributed by atoms with Crippen LogP contribution in [0.5, 0.6) is 0 Å². The molecule has 0 bridgehead atoms. The van der Waals surface area contributed by atoms with Crippen LogP contribution in [0.15, 0.2) is 0 Å². The molecule has 0 aromatic carbocycles. The fraction of sp³-hybridized carbons (Fsp3) is 0.857. The van der Waals surface area contributed by atoms with Gasteiger partial charge in [-0.3, -0.25) is 0 Å². The van der Waals surface area contributed by atoms with E-state index in [2.05, 4.69) is 0 Å². The number of nitrogens with zero attached hydrogens (tertiary/aromatic N) is 2. The van der Waals surface area contributed by atoms with Crippen molar-refractivity contribution in [2.75, 3.05) is 32.8 Å². The first-order valence-electron chi connectivity index (χ1n) is 7.13. The molecule has 2 amide bonds. The minimum Gasteiger partial charge on any atom is -0.530 e. The second-order valence-corrected chi connectivity index (χ2v) is 7.05. The van der Waals surface area contributed by atoms with Crippen molar-refractivity contribution in [3.05, 3.63) is 0 Å². The van der Waals surface area contributed by atoms with E-state index in [9.17, 15) is 30.0 Å². The second kappa shape index (κ2) is 5.92. The molecule has 0 atom stereocenters. The maximum absolute atomic E-state index is 11.6. The summed E-state index contributed by atoms with van der Waals surface area (Å²) in [6.07, 6.45) is -2.87. The lowest BCUT2D eigenvalue weighted by Crippen LogP contribution is -2.78. The molecule has 0 aromatic rings. The van der Waals surface area contributed by atoms with Crippen molar-refractivity contribution in [3.63, 3.8) is 0 Å². The molecule has 1 aliphatic heterocycles. The number of rotatable bonds is 4. The highest BCUT2D eigenvalue weighted by Gasteiger charge is 2.60. The standard InChI is InChI=1S/C14H26N2O6/c1-12(2,8-17)14(13(3,4)9-18)7-15(10(19)20)5-6-16(14)11(21)22/h17-18H,5-9H2,1-4H3,(H,19,20)(H,21,22)/p-2. The Balaban J connectivity index is 3.57. The first-order chi connectivity index (χ1) is 9.96. The van der Waals surface area contributed by atoms with Crippen LogP contribution in [0.4, 0.5) is 9.59 Å². The molecule has 0 saturated carbocycles. The molecule has 0 aliphatic carbocycles. The average Bonchev–Trinajstić information content (AvgIpc) is 2.45. The molecule has 128 valence electrons. The summed E-state index contributed by atoms with van der Waals surface area (Å²) in [5.74, 6) is 0. The number of hydrogen-bond acceptors (Lipinski definition) is 6. The lowest BCUT2D eigenvalue weighted by atomic mass is 9.57. The zero-order valence-corrected chi connectivity index (χ0v) is 13.5. The van der Waals surface area contributed by atoms with Crippen molar-refractivity contribution < 1.29 is 30.0 Å². The van der Waals surface area contributed by atoms with E-state index in [1.165, 1.54) is 0 Å². The monoisotopic (exact) mass is 316 g/mol. The van der Waals surface area contributed by atoms with Crippen molar-refractivity contribution in [1.82, 2.24) is 9.80 Å². The number of carbonyl (C=O) groups excluding carboxylic acids is 2. The number of amides is 2. The van der Waals surface area contributed by atoms with E-state index in [0.29, 0.717) is 0 Å². The summed E-state index contributed by atoms with van der Waals surface area (Å²) in [4.78, 5) is 24.9. The quantitative estimate of drug-likeness (QED) is 0.621. The van der Waals surface area contributed by atoms with Crippen LogP contribution in [0, 0.1) is 10.8 Å². The molecule has 1 heterocycles. The molecule has 0 radical (unpaired) electrons. The minimum absolute atomic E-state index is 0.0406. The van der Waals surface area contributed by atoms with Gasteiger partial charge in [-0.25, -0.2) is 0 Å². The van der Waals surface area contributed by atoms with Gasteiger partial charge in [0.15, 0.2) is 0 Å². The van der Waals surface area contributed by atoms with Crippen LogP contribution < -0.4 is 10.2 Å². The molecule has 2 N–H and O–H groups in total. The van der Waals surface area contributed by atoms with Crippen LogP contribution in [0.3, 0.4) is 0 Å². The van der Waals surface area contributed by atoms with Gasteiger partial charge in [-0.05, 0) is 0 Å². The lowest BCUT2D eigenvalue weighted by molar-refractivity contribution is -0.297. The van der Waals surface area contributed by atoms with Crippen LogP contribution in [-0.2, 0) is 0 Å². The average molecular weight is 316 g/mol. The first kappa shape index (κ1) is 18.5. The smallest absolute Gasteiger partial charge is 0.137 e. The van der Waals surface area contributed by atoms with Gasteiger partial charge in [0.1, 0.15) is 12.2 Å². The topological polar surface area (TPSA) is 127 Å². The van der Waals surface area contributed by atoms with Gasteiger partial charge in [-0.2, -0.15) is 0 Å². The van der Waals surface area contributed by atoms with Gasteiger partial charge in [0, 0.05) is 30.5 Å².